The molecule has 4 N–H and O–H groups in total. The predicted molar refractivity (Wildman–Crippen MR) is 131 cm³/mol. The fraction of sp³-hybridized carbons (Fsp3) is 0.308. The monoisotopic (exact) mass is 443 g/mol. The summed E-state index contributed by atoms with van der Waals surface area (Å²) in [5, 5.41) is 3.53. The molecular weight excluding hydrogens is 414 g/mol. The molecule has 1 aromatic heterocycles. The molecule has 0 spiro atoms. The van der Waals surface area contributed by atoms with Crippen LogP contribution in [0.2, 0.25) is 0 Å². The van der Waals surface area contributed by atoms with Gasteiger partial charge in [-0.05, 0) is 49.6 Å². The number of allylic oxidation sites excluding steroid dienone is 1. The first-order valence-corrected chi connectivity index (χ1v) is 11.2. The number of fused-ring (bicyclic) bond motifs is 1. The average molecular weight is 444 g/mol. The van der Waals surface area contributed by atoms with Gasteiger partial charge in [-0.15, -0.1) is 6.42 Å². The highest BCUT2D eigenvalue weighted by molar-refractivity contribution is 5.97. The second kappa shape index (κ2) is 10.1. The molecule has 1 amide bonds. The Hall–Kier alpha value is -3.92. The summed E-state index contributed by atoms with van der Waals surface area (Å²) in [4.78, 5) is 22.8. The lowest BCUT2D eigenvalue weighted by Gasteiger charge is -2.33. The van der Waals surface area contributed by atoms with Crippen LogP contribution >= 0.6 is 0 Å². The quantitative estimate of drug-likeness (QED) is 0.363. The van der Waals surface area contributed by atoms with Gasteiger partial charge in [-0.2, -0.15) is 0 Å². The van der Waals surface area contributed by atoms with E-state index in [1.807, 2.05) is 48.2 Å². The molecule has 0 aliphatic heterocycles. The second-order valence-corrected chi connectivity index (χ2v) is 8.08. The number of H-pyrrole nitrogens is 1. The van der Waals surface area contributed by atoms with Crippen molar-refractivity contribution < 1.29 is 9.53 Å². The molecule has 7 heteroatoms. The Morgan fingerprint density at radius 3 is 3.00 bits per heavy atom. The SMILES string of the molecule is C#CCOc1cccc(CNC2=CCCC(N(CC)C(=O)c3nc4c(N)cccc4[nH]3)C2)c1. The molecular formula is C26H29N5O2. The van der Waals surface area contributed by atoms with Crippen molar-refractivity contribution in [2.45, 2.75) is 38.8 Å². The molecule has 0 radical (unpaired) electrons. The van der Waals surface area contributed by atoms with Gasteiger partial charge in [0.25, 0.3) is 5.91 Å². The fourth-order valence-corrected chi connectivity index (χ4v) is 4.24. The number of anilines is 1. The summed E-state index contributed by atoms with van der Waals surface area (Å²) >= 11 is 0. The summed E-state index contributed by atoms with van der Waals surface area (Å²) in [6.07, 6.45) is 10.1. The second-order valence-electron chi connectivity index (χ2n) is 8.08. The maximum absolute atomic E-state index is 13.3. The molecule has 1 aliphatic rings. The summed E-state index contributed by atoms with van der Waals surface area (Å²) in [5.41, 5.74) is 10.2. The highest BCUT2D eigenvalue weighted by atomic mass is 16.5. The first kappa shape index (κ1) is 22.3. The van der Waals surface area contributed by atoms with Gasteiger partial charge in [-0.25, -0.2) is 4.98 Å². The van der Waals surface area contributed by atoms with Gasteiger partial charge in [0.05, 0.1) is 11.2 Å². The molecule has 3 aromatic rings. The summed E-state index contributed by atoms with van der Waals surface area (Å²) in [5.74, 6) is 3.47. The molecule has 4 rings (SSSR count). The van der Waals surface area contributed by atoms with Crippen LogP contribution < -0.4 is 15.8 Å². The number of rotatable bonds is 8. The highest BCUT2D eigenvalue weighted by Crippen LogP contribution is 2.25. The minimum Gasteiger partial charge on any atom is -0.481 e. The van der Waals surface area contributed by atoms with Gasteiger partial charge in [0.1, 0.15) is 17.9 Å². The Morgan fingerprint density at radius 1 is 1.36 bits per heavy atom. The van der Waals surface area contributed by atoms with Crippen molar-refractivity contribution in [3.8, 4) is 18.1 Å². The summed E-state index contributed by atoms with van der Waals surface area (Å²) in [7, 11) is 0. The van der Waals surface area contributed by atoms with Crippen molar-refractivity contribution >= 4 is 22.6 Å². The number of carbonyl (C=O) groups excluding carboxylic acids is 1. The maximum Gasteiger partial charge on any atom is 0.289 e. The smallest absolute Gasteiger partial charge is 0.289 e. The maximum atomic E-state index is 13.3. The number of nitrogens with one attached hydrogen (secondary N) is 2. The lowest BCUT2D eigenvalue weighted by molar-refractivity contribution is 0.0663. The van der Waals surface area contributed by atoms with Crippen molar-refractivity contribution in [3.05, 3.63) is 65.6 Å². The summed E-state index contributed by atoms with van der Waals surface area (Å²) in [6.45, 7) is 3.54. The molecule has 1 aliphatic carbocycles. The lowest BCUT2D eigenvalue weighted by atomic mass is 9.97. The van der Waals surface area contributed by atoms with Crippen LogP contribution in [0.1, 0.15) is 42.4 Å². The van der Waals surface area contributed by atoms with Crippen molar-refractivity contribution in [3.63, 3.8) is 0 Å². The van der Waals surface area contributed by atoms with Gasteiger partial charge < -0.3 is 25.7 Å². The first-order chi connectivity index (χ1) is 16.1. The molecule has 170 valence electrons. The van der Waals surface area contributed by atoms with Gasteiger partial charge in [-0.1, -0.05) is 30.2 Å². The van der Waals surface area contributed by atoms with Crippen LogP contribution in [0.4, 0.5) is 5.69 Å². The van der Waals surface area contributed by atoms with Crippen LogP contribution in [-0.2, 0) is 6.54 Å². The van der Waals surface area contributed by atoms with Crippen LogP contribution in [-0.4, -0.2) is 40.0 Å². The number of nitrogens with zero attached hydrogens (tertiary/aromatic N) is 2. The topological polar surface area (TPSA) is 96.3 Å². The first-order valence-electron chi connectivity index (χ1n) is 11.2. The van der Waals surface area contributed by atoms with Crippen molar-refractivity contribution in [2.75, 3.05) is 18.9 Å². The van der Waals surface area contributed by atoms with E-state index < -0.39 is 0 Å². The number of aromatic amines is 1. The number of aromatic nitrogens is 2. The zero-order valence-electron chi connectivity index (χ0n) is 18.8. The predicted octanol–water partition coefficient (Wildman–Crippen LogP) is 3.85. The van der Waals surface area contributed by atoms with E-state index >= 15 is 0 Å². The minimum absolute atomic E-state index is 0.0993. The molecule has 2 aromatic carbocycles. The van der Waals surface area contributed by atoms with Gasteiger partial charge in [0.2, 0.25) is 0 Å². The minimum atomic E-state index is -0.0993. The average Bonchev–Trinajstić information content (AvgIpc) is 3.28. The molecule has 0 bridgehead atoms. The molecule has 7 nitrogen and oxygen atoms in total. The molecule has 1 heterocycles. The zero-order valence-corrected chi connectivity index (χ0v) is 18.8. The Balaban J connectivity index is 1.41. The largest absolute Gasteiger partial charge is 0.481 e. The highest BCUT2D eigenvalue weighted by Gasteiger charge is 2.28. The van der Waals surface area contributed by atoms with E-state index in [9.17, 15) is 4.79 Å². The van der Waals surface area contributed by atoms with Crippen LogP contribution in [0, 0.1) is 12.3 Å². The Kier molecular flexibility index (Phi) is 6.84. The van der Waals surface area contributed by atoms with Gasteiger partial charge in [0.15, 0.2) is 5.82 Å². The molecule has 0 saturated heterocycles. The van der Waals surface area contributed by atoms with Crippen molar-refractivity contribution in [1.29, 1.82) is 0 Å². The van der Waals surface area contributed by atoms with Crippen molar-refractivity contribution in [2.24, 2.45) is 0 Å². The number of hydrogen-bond acceptors (Lipinski definition) is 5. The number of carbonyl (C=O) groups is 1. The summed E-state index contributed by atoms with van der Waals surface area (Å²) in [6, 6.07) is 13.5. The van der Waals surface area contributed by atoms with Crippen LogP contribution in [0.3, 0.4) is 0 Å². The van der Waals surface area contributed by atoms with E-state index in [0.29, 0.717) is 30.1 Å². The Labute approximate surface area is 194 Å². The number of benzene rings is 2. The third-order valence-electron chi connectivity index (χ3n) is 5.88. The number of ether oxygens (including phenoxy) is 1. The molecule has 0 fully saturated rings. The standard InChI is InChI=1S/C26H29N5O2/c1-3-14-33-21-11-5-8-18(15-21)17-28-19-9-6-10-20(16-19)31(4-2)26(32)25-29-23-13-7-12-22(27)24(23)30-25/h1,5,7-9,11-13,15,20,28H,4,6,10,14,16-17,27H2,2H3,(H,29,30). The number of nitrogen functional groups attached to an aromatic ring is 1. The van der Waals surface area contributed by atoms with E-state index in [-0.39, 0.29) is 18.6 Å². The van der Waals surface area contributed by atoms with Gasteiger partial charge >= 0.3 is 0 Å². The summed E-state index contributed by atoms with van der Waals surface area (Å²) < 4.78 is 5.51. The molecule has 1 atom stereocenters. The number of terminal acetylenes is 1. The third-order valence-corrected chi connectivity index (χ3v) is 5.88. The molecule has 0 saturated carbocycles. The fourth-order valence-electron chi connectivity index (χ4n) is 4.24. The Morgan fingerprint density at radius 2 is 2.21 bits per heavy atom. The van der Waals surface area contributed by atoms with E-state index in [0.717, 1.165) is 41.8 Å². The molecule has 33 heavy (non-hydrogen) atoms. The number of hydrogen-bond donors (Lipinski definition) is 3. The Bertz CT molecular complexity index is 1210. The van der Waals surface area contributed by atoms with Crippen molar-refractivity contribution in [1.82, 2.24) is 20.2 Å². The van der Waals surface area contributed by atoms with Gasteiger partial charge in [0, 0.05) is 31.2 Å². The van der Waals surface area contributed by atoms with Crippen LogP contribution in [0.15, 0.2) is 54.2 Å². The molecule has 1 unspecified atom stereocenters. The number of para-hydroxylation sites is 1. The normalized spacial score (nSPS) is 15.5. The zero-order chi connectivity index (χ0) is 23.2. The third kappa shape index (κ3) is 5.12. The van der Waals surface area contributed by atoms with E-state index in [1.165, 1.54) is 0 Å². The number of nitrogens with two attached hydrogens (primary N) is 1. The van der Waals surface area contributed by atoms with Crippen LogP contribution in [0.5, 0.6) is 5.75 Å². The van der Waals surface area contributed by atoms with Crippen LogP contribution in [0.25, 0.3) is 11.0 Å². The van der Waals surface area contributed by atoms with E-state index in [1.54, 1.807) is 6.07 Å². The van der Waals surface area contributed by atoms with E-state index in [2.05, 4.69) is 27.3 Å². The van der Waals surface area contributed by atoms with E-state index in [4.69, 9.17) is 16.9 Å². The number of amides is 1. The van der Waals surface area contributed by atoms with Gasteiger partial charge in [-0.3, -0.25) is 4.79 Å². The number of imidazole rings is 1. The lowest BCUT2D eigenvalue weighted by Crippen LogP contribution is -2.42.